The van der Waals surface area contributed by atoms with Crippen molar-refractivity contribution in [3.8, 4) is 5.75 Å². The minimum Gasteiger partial charge on any atom is -0.491 e. The van der Waals surface area contributed by atoms with Crippen LogP contribution in [0.1, 0.15) is 25.0 Å². The lowest BCUT2D eigenvalue weighted by Crippen LogP contribution is -2.09. The molecule has 0 saturated carbocycles. The van der Waals surface area contributed by atoms with E-state index in [-0.39, 0.29) is 12.7 Å². The highest BCUT2D eigenvalue weighted by atomic mass is 16.5. The van der Waals surface area contributed by atoms with E-state index in [0.717, 1.165) is 29.1 Å². The molecule has 0 aliphatic rings. The Hall–Kier alpha value is -2.00. The molecular formula is C18H23NO2. The molecule has 0 aliphatic heterocycles. The van der Waals surface area contributed by atoms with Crippen molar-refractivity contribution in [1.29, 1.82) is 0 Å². The molecule has 0 radical (unpaired) electrons. The van der Waals surface area contributed by atoms with Crippen molar-refractivity contribution in [2.45, 2.75) is 32.9 Å². The summed E-state index contributed by atoms with van der Waals surface area (Å²) in [4.78, 5) is 0. The Balaban J connectivity index is 1.99. The van der Waals surface area contributed by atoms with Gasteiger partial charge in [-0.1, -0.05) is 30.3 Å². The van der Waals surface area contributed by atoms with Gasteiger partial charge in [0.05, 0.1) is 6.10 Å². The molecule has 0 heterocycles. The molecule has 2 N–H and O–H groups in total. The Labute approximate surface area is 126 Å². The molecule has 0 spiro atoms. The van der Waals surface area contributed by atoms with Crippen LogP contribution in [0, 0.1) is 0 Å². The fourth-order valence-electron chi connectivity index (χ4n) is 2.13. The van der Waals surface area contributed by atoms with Crippen molar-refractivity contribution in [2.75, 3.05) is 11.9 Å². The van der Waals surface area contributed by atoms with Gasteiger partial charge in [0.15, 0.2) is 0 Å². The first-order valence-electron chi connectivity index (χ1n) is 7.37. The Kier molecular flexibility index (Phi) is 5.64. The van der Waals surface area contributed by atoms with E-state index in [4.69, 9.17) is 9.84 Å². The number of hydrogen-bond donors (Lipinski definition) is 2. The summed E-state index contributed by atoms with van der Waals surface area (Å²) in [5.41, 5.74) is 3.35. The lowest BCUT2D eigenvalue weighted by atomic mass is 10.1. The Morgan fingerprint density at radius 2 is 1.76 bits per heavy atom. The Morgan fingerprint density at radius 1 is 1.05 bits per heavy atom. The Morgan fingerprint density at radius 3 is 2.43 bits per heavy atom. The predicted molar refractivity (Wildman–Crippen MR) is 86.8 cm³/mol. The van der Waals surface area contributed by atoms with Gasteiger partial charge >= 0.3 is 0 Å². The SMILES string of the molecule is CC(C)Oc1ccccc1CNc1ccc(CCO)cc1. The molecule has 0 saturated heterocycles. The molecule has 0 unspecified atom stereocenters. The number of rotatable bonds is 7. The molecule has 21 heavy (non-hydrogen) atoms. The highest BCUT2D eigenvalue weighted by Gasteiger charge is 2.04. The first kappa shape index (κ1) is 15.4. The van der Waals surface area contributed by atoms with Gasteiger partial charge < -0.3 is 15.2 Å². The van der Waals surface area contributed by atoms with Gasteiger partial charge in [0.1, 0.15) is 5.75 Å². The van der Waals surface area contributed by atoms with E-state index >= 15 is 0 Å². The molecule has 0 bridgehead atoms. The van der Waals surface area contributed by atoms with Gasteiger partial charge in [-0.3, -0.25) is 0 Å². The second-order valence-corrected chi connectivity index (χ2v) is 5.30. The van der Waals surface area contributed by atoms with Crippen LogP contribution in [0.4, 0.5) is 5.69 Å². The van der Waals surface area contributed by atoms with E-state index in [1.165, 1.54) is 0 Å². The van der Waals surface area contributed by atoms with E-state index in [1.807, 2.05) is 56.3 Å². The molecule has 2 aromatic rings. The summed E-state index contributed by atoms with van der Waals surface area (Å²) in [6, 6.07) is 16.2. The summed E-state index contributed by atoms with van der Waals surface area (Å²) in [7, 11) is 0. The summed E-state index contributed by atoms with van der Waals surface area (Å²) in [5, 5.41) is 12.3. The topological polar surface area (TPSA) is 41.5 Å². The number of aliphatic hydroxyl groups excluding tert-OH is 1. The predicted octanol–water partition coefficient (Wildman–Crippen LogP) is 3.62. The summed E-state index contributed by atoms with van der Waals surface area (Å²) < 4.78 is 5.82. The zero-order chi connectivity index (χ0) is 15.1. The van der Waals surface area contributed by atoms with Gasteiger partial charge in [-0.15, -0.1) is 0 Å². The molecule has 0 aromatic heterocycles. The average Bonchev–Trinajstić information content (AvgIpc) is 2.48. The van der Waals surface area contributed by atoms with Gasteiger partial charge in [0.2, 0.25) is 0 Å². The standard InChI is InChI=1S/C18H23NO2/c1-14(2)21-18-6-4-3-5-16(18)13-19-17-9-7-15(8-10-17)11-12-20/h3-10,14,19-20H,11-13H2,1-2H3. The third-order valence-electron chi connectivity index (χ3n) is 3.17. The van der Waals surface area contributed by atoms with Crippen molar-refractivity contribution < 1.29 is 9.84 Å². The maximum Gasteiger partial charge on any atom is 0.124 e. The minimum atomic E-state index is 0.170. The maximum atomic E-state index is 8.91. The van der Waals surface area contributed by atoms with Gasteiger partial charge in [-0.2, -0.15) is 0 Å². The summed E-state index contributed by atoms with van der Waals surface area (Å²) in [5.74, 6) is 0.928. The zero-order valence-electron chi connectivity index (χ0n) is 12.7. The van der Waals surface area contributed by atoms with Gasteiger partial charge in [-0.25, -0.2) is 0 Å². The van der Waals surface area contributed by atoms with E-state index in [0.29, 0.717) is 6.42 Å². The molecule has 3 nitrogen and oxygen atoms in total. The number of para-hydroxylation sites is 1. The van der Waals surface area contributed by atoms with Crippen LogP contribution in [-0.2, 0) is 13.0 Å². The molecule has 112 valence electrons. The normalized spacial score (nSPS) is 10.7. The van der Waals surface area contributed by atoms with Crippen LogP contribution in [0.2, 0.25) is 0 Å². The molecule has 2 aromatic carbocycles. The lowest BCUT2D eigenvalue weighted by molar-refractivity contribution is 0.240. The van der Waals surface area contributed by atoms with Crippen LogP contribution >= 0.6 is 0 Å². The summed E-state index contributed by atoms with van der Waals surface area (Å²) in [6.45, 7) is 4.98. The van der Waals surface area contributed by atoms with E-state index in [1.54, 1.807) is 0 Å². The average molecular weight is 285 g/mol. The molecular weight excluding hydrogens is 262 g/mol. The maximum absolute atomic E-state index is 8.91. The van der Waals surface area contributed by atoms with Crippen LogP contribution in [0.3, 0.4) is 0 Å². The number of benzene rings is 2. The summed E-state index contributed by atoms with van der Waals surface area (Å²) >= 11 is 0. The molecule has 0 amide bonds. The summed E-state index contributed by atoms with van der Waals surface area (Å²) in [6.07, 6.45) is 0.870. The third kappa shape index (κ3) is 4.80. The van der Waals surface area contributed by atoms with Gasteiger partial charge in [-0.05, 0) is 44.0 Å². The minimum absolute atomic E-state index is 0.170. The van der Waals surface area contributed by atoms with E-state index in [2.05, 4.69) is 11.4 Å². The number of aliphatic hydroxyl groups is 1. The van der Waals surface area contributed by atoms with Crippen molar-refractivity contribution in [3.63, 3.8) is 0 Å². The molecule has 0 aliphatic carbocycles. The molecule has 2 rings (SSSR count). The highest BCUT2D eigenvalue weighted by Crippen LogP contribution is 2.21. The lowest BCUT2D eigenvalue weighted by Gasteiger charge is -2.15. The zero-order valence-corrected chi connectivity index (χ0v) is 12.7. The number of nitrogens with one attached hydrogen (secondary N) is 1. The van der Waals surface area contributed by atoms with Crippen molar-refractivity contribution >= 4 is 5.69 Å². The molecule has 0 fully saturated rings. The van der Waals surface area contributed by atoms with Crippen molar-refractivity contribution in [2.24, 2.45) is 0 Å². The fourth-order valence-corrected chi connectivity index (χ4v) is 2.13. The van der Waals surface area contributed by atoms with E-state index in [9.17, 15) is 0 Å². The van der Waals surface area contributed by atoms with Crippen molar-refractivity contribution in [1.82, 2.24) is 0 Å². The second kappa shape index (κ2) is 7.70. The fraction of sp³-hybridized carbons (Fsp3) is 0.333. The van der Waals surface area contributed by atoms with Crippen LogP contribution in [0.15, 0.2) is 48.5 Å². The van der Waals surface area contributed by atoms with Crippen LogP contribution in [-0.4, -0.2) is 17.8 Å². The second-order valence-electron chi connectivity index (χ2n) is 5.30. The molecule has 3 heteroatoms. The first-order chi connectivity index (χ1) is 10.2. The van der Waals surface area contributed by atoms with E-state index < -0.39 is 0 Å². The monoisotopic (exact) mass is 285 g/mol. The number of anilines is 1. The van der Waals surface area contributed by atoms with Gasteiger partial charge in [0, 0.05) is 24.4 Å². The molecule has 0 atom stereocenters. The third-order valence-corrected chi connectivity index (χ3v) is 3.17. The van der Waals surface area contributed by atoms with Crippen LogP contribution in [0.25, 0.3) is 0 Å². The van der Waals surface area contributed by atoms with Crippen LogP contribution < -0.4 is 10.1 Å². The number of hydrogen-bond acceptors (Lipinski definition) is 3. The highest BCUT2D eigenvalue weighted by molar-refractivity contribution is 5.46. The largest absolute Gasteiger partial charge is 0.491 e. The quantitative estimate of drug-likeness (QED) is 0.816. The Bertz CT molecular complexity index is 549. The number of ether oxygens (including phenoxy) is 1. The van der Waals surface area contributed by atoms with Gasteiger partial charge in [0.25, 0.3) is 0 Å². The van der Waals surface area contributed by atoms with Crippen LogP contribution in [0.5, 0.6) is 5.75 Å². The van der Waals surface area contributed by atoms with Crippen molar-refractivity contribution in [3.05, 3.63) is 59.7 Å². The smallest absolute Gasteiger partial charge is 0.124 e. The first-order valence-corrected chi connectivity index (χ1v) is 7.37.